The molecule has 0 aromatic heterocycles. The summed E-state index contributed by atoms with van der Waals surface area (Å²) in [7, 11) is 0. The molecule has 0 bridgehead atoms. The van der Waals surface area contributed by atoms with Gasteiger partial charge in [-0.2, -0.15) is 0 Å². The first-order valence-corrected chi connectivity index (χ1v) is 9.12. The smallest absolute Gasteiger partial charge is 0.251 e. The highest BCUT2D eigenvalue weighted by atomic mass is 35.5. The van der Waals surface area contributed by atoms with E-state index in [2.05, 4.69) is 23.1 Å². The number of amides is 2. The molecule has 2 aliphatic rings. The van der Waals surface area contributed by atoms with E-state index in [0.717, 1.165) is 13.0 Å². The van der Waals surface area contributed by atoms with Crippen LogP contribution in [-0.2, 0) is 9.59 Å². The minimum absolute atomic E-state index is 0.158. The van der Waals surface area contributed by atoms with Gasteiger partial charge in [0.1, 0.15) is 0 Å². The van der Waals surface area contributed by atoms with Crippen molar-refractivity contribution in [1.82, 2.24) is 4.90 Å². The summed E-state index contributed by atoms with van der Waals surface area (Å²) in [5, 5.41) is 0.514. The molecule has 1 fully saturated rings. The minimum Gasteiger partial charge on any atom is -0.287 e. The second kappa shape index (κ2) is 7.06. The van der Waals surface area contributed by atoms with Crippen LogP contribution >= 0.6 is 11.6 Å². The first kappa shape index (κ1) is 17.0. The monoisotopic (exact) mass is 366 g/mol. The fourth-order valence-electron chi connectivity index (χ4n) is 3.67. The number of benzene rings is 2. The van der Waals surface area contributed by atoms with E-state index in [9.17, 15) is 9.59 Å². The van der Waals surface area contributed by atoms with E-state index >= 15 is 0 Å². The van der Waals surface area contributed by atoms with Crippen LogP contribution in [0.1, 0.15) is 18.4 Å². The van der Waals surface area contributed by atoms with Crippen molar-refractivity contribution in [2.75, 3.05) is 18.0 Å². The molecule has 26 heavy (non-hydrogen) atoms. The highest BCUT2D eigenvalue weighted by molar-refractivity contribution is 6.31. The van der Waals surface area contributed by atoms with E-state index in [1.807, 2.05) is 18.2 Å². The highest BCUT2D eigenvalue weighted by Crippen LogP contribution is 2.30. The molecule has 0 N–H and O–H groups in total. The molecule has 2 aliphatic heterocycles. The molecule has 0 aliphatic carbocycles. The van der Waals surface area contributed by atoms with Crippen molar-refractivity contribution in [1.29, 1.82) is 0 Å². The van der Waals surface area contributed by atoms with Gasteiger partial charge in [0.25, 0.3) is 5.91 Å². The van der Waals surface area contributed by atoms with Crippen molar-refractivity contribution in [2.45, 2.75) is 18.9 Å². The van der Waals surface area contributed by atoms with Crippen LogP contribution in [0.15, 0.2) is 60.7 Å². The summed E-state index contributed by atoms with van der Waals surface area (Å²) in [6.07, 6.45) is 3.26. The average molecular weight is 367 g/mol. The van der Waals surface area contributed by atoms with E-state index in [4.69, 9.17) is 11.6 Å². The standard InChI is InChI=1S/C21H19ClN2O2/c22-17-7-4-8-18(13-17)24-20(25)14-19(21(24)26)23-11-9-16(10-12-23)15-5-2-1-3-6-15/h1-9,13,19H,10-12,14H2/t19-/m1/s1. The number of carbonyl (C=O) groups excluding carboxylic acids is 2. The number of carbonyl (C=O) groups is 2. The Kier molecular flexibility index (Phi) is 4.62. The number of imide groups is 1. The Morgan fingerprint density at radius 3 is 2.50 bits per heavy atom. The Balaban J connectivity index is 1.50. The first-order valence-electron chi connectivity index (χ1n) is 8.74. The molecule has 2 amide bonds. The van der Waals surface area contributed by atoms with Gasteiger partial charge in [-0.3, -0.25) is 14.5 Å². The minimum atomic E-state index is -0.393. The van der Waals surface area contributed by atoms with Gasteiger partial charge in [0.05, 0.1) is 18.2 Å². The lowest BCUT2D eigenvalue weighted by atomic mass is 9.98. The molecule has 1 atom stereocenters. The van der Waals surface area contributed by atoms with E-state index in [-0.39, 0.29) is 18.2 Å². The summed E-state index contributed by atoms with van der Waals surface area (Å²) in [5.41, 5.74) is 3.07. The molecule has 2 aromatic carbocycles. The fourth-order valence-corrected chi connectivity index (χ4v) is 3.85. The van der Waals surface area contributed by atoms with Crippen LogP contribution in [0.3, 0.4) is 0 Å². The molecule has 0 spiro atoms. The van der Waals surface area contributed by atoms with Gasteiger partial charge in [0.2, 0.25) is 5.91 Å². The maximum absolute atomic E-state index is 12.9. The third-order valence-electron chi connectivity index (χ3n) is 5.02. The molecule has 2 aromatic rings. The predicted molar refractivity (Wildman–Crippen MR) is 103 cm³/mol. The van der Waals surface area contributed by atoms with Gasteiger partial charge in [0, 0.05) is 18.1 Å². The number of hydrogen-bond donors (Lipinski definition) is 0. The molecule has 4 nitrogen and oxygen atoms in total. The summed E-state index contributed by atoms with van der Waals surface area (Å²) in [4.78, 5) is 28.7. The van der Waals surface area contributed by atoms with Crippen molar-refractivity contribution in [3.63, 3.8) is 0 Å². The number of anilines is 1. The molecule has 0 saturated carbocycles. The van der Waals surface area contributed by atoms with E-state index in [1.54, 1.807) is 24.3 Å². The van der Waals surface area contributed by atoms with Crippen LogP contribution < -0.4 is 4.90 Å². The zero-order valence-corrected chi connectivity index (χ0v) is 15.0. The second-order valence-corrected chi connectivity index (χ2v) is 7.04. The van der Waals surface area contributed by atoms with Crippen molar-refractivity contribution in [3.05, 3.63) is 71.3 Å². The summed E-state index contributed by atoms with van der Waals surface area (Å²) in [6.45, 7) is 1.45. The van der Waals surface area contributed by atoms with E-state index < -0.39 is 6.04 Å². The average Bonchev–Trinajstić information content (AvgIpc) is 2.97. The first-order chi connectivity index (χ1) is 12.6. The number of rotatable bonds is 3. The molecule has 132 valence electrons. The van der Waals surface area contributed by atoms with Gasteiger partial charge >= 0.3 is 0 Å². The summed E-state index contributed by atoms with van der Waals surface area (Å²) in [6, 6.07) is 16.8. The van der Waals surface area contributed by atoms with Gasteiger partial charge in [-0.15, -0.1) is 0 Å². The normalized spacial score (nSPS) is 21.2. The number of nitrogens with zero attached hydrogens (tertiary/aromatic N) is 2. The Morgan fingerprint density at radius 2 is 1.81 bits per heavy atom. The Hall–Kier alpha value is -2.43. The second-order valence-electron chi connectivity index (χ2n) is 6.61. The molecular formula is C21H19ClN2O2. The van der Waals surface area contributed by atoms with E-state index in [1.165, 1.54) is 16.0 Å². The Labute approximate surface area is 157 Å². The fraction of sp³-hybridized carbons (Fsp3) is 0.238. The van der Waals surface area contributed by atoms with Gasteiger partial charge in [-0.05, 0) is 35.8 Å². The van der Waals surface area contributed by atoms with Crippen molar-refractivity contribution >= 4 is 34.7 Å². The van der Waals surface area contributed by atoms with Crippen LogP contribution in [0.5, 0.6) is 0 Å². The lowest BCUT2D eigenvalue weighted by molar-refractivity contribution is -0.122. The van der Waals surface area contributed by atoms with Crippen molar-refractivity contribution < 1.29 is 9.59 Å². The highest BCUT2D eigenvalue weighted by Gasteiger charge is 2.42. The van der Waals surface area contributed by atoms with Gasteiger partial charge in [0.15, 0.2) is 0 Å². The van der Waals surface area contributed by atoms with Crippen molar-refractivity contribution in [3.8, 4) is 0 Å². The largest absolute Gasteiger partial charge is 0.287 e. The Morgan fingerprint density at radius 1 is 1.00 bits per heavy atom. The number of halogens is 1. The van der Waals surface area contributed by atoms with Gasteiger partial charge in [-0.1, -0.05) is 54.1 Å². The van der Waals surface area contributed by atoms with Crippen LogP contribution in [0, 0.1) is 0 Å². The van der Waals surface area contributed by atoms with Crippen LogP contribution in [-0.4, -0.2) is 35.8 Å². The molecule has 0 unspecified atom stereocenters. The zero-order chi connectivity index (χ0) is 18.1. The SMILES string of the molecule is O=C1C[C@@H](N2CC=C(c3ccccc3)CC2)C(=O)N1c1cccc(Cl)c1. The summed E-state index contributed by atoms with van der Waals surface area (Å²) < 4.78 is 0. The molecule has 2 heterocycles. The Bertz CT molecular complexity index is 879. The quantitative estimate of drug-likeness (QED) is 0.776. The van der Waals surface area contributed by atoms with Gasteiger partial charge < -0.3 is 0 Å². The van der Waals surface area contributed by atoms with Crippen LogP contribution in [0.4, 0.5) is 5.69 Å². The lowest BCUT2D eigenvalue weighted by Gasteiger charge is -2.30. The summed E-state index contributed by atoms with van der Waals surface area (Å²) in [5.74, 6) is -0.325. The topological polar surface area (TPSA) is 40.6 Å². The molecular weight excluding hydrogens is 348 g/mol. The maximum Gasteiger partial charge on any atom is 0.251 e. The molecule has 4 rings (SSSR count). The zero-order valence-electron chi connectivity index (χ0n) is 14.3. The third kappa shape index (κ3) is 3.18. The van der Waals surface area contributed by atoms with E-state index in [0.29, 0.717) is 17.3 Å². The molecule has 5 heteroatoms. The van der Waals surface area contributed by atoms with Crippen LogP contribution in [0.2, 0.25) is 5.02 Å². The number of hydrogen-bond acceptors (Lipinski definition) is 3. The maximum atomic E-state index is 12.9. The molecule has 1 saturated heterocycles. The molecule has 0 radical (unpaired) electrons. The van der Waals surface area contributed by atoms with Crippen LogP contribution in [0.25, 0.3) is 5.57 Å². The van der Waals surface area contributed by atoms with Crippen molar-refractivity contribution in [2.24, 2.45) is 0 Å². The van der Waals surface area contributed by atoms with Gasteiger partial charge in [-0.25, -0.2) is 4.90 Å². The summed E-state index contributed by atoms with van der Waals surface area (Å²) >= 11 is 6.01. The third-order valence-corrected chi connectivity index (χ3v) is 5.25. The lowest BCUT2D eigenvalue weighted by Crippen LogP contribution is -2.44. The predicted octanol–water partition coefficient (Wildman–Crippen LogP) is 3.76.